The summed E-state index contributed by atoms with van der Waals surface area (Å²) in [6.45, 7) is 14.3. The standard InChI is InChI=1S/C56H116N6O2S2/c1-4-7-10-12-14-16-18-20-22-24-26-28-30-32-34-38-49-62(50-39-35-33-31-29-27-25-23-21-19-17-15-13-11-8-5-2)56(64)54(53-66-65-51-40-9-6-3)61-55(63)52-60-48-42-47-59-45-37-36-44-58-46-41-43-57/h54,58-60H,4-53,57H2,1-3H3,(H,61,63). The van der Waals surface area contributed by atoms with Crippen molar-refractivity contribution in [3.8, 4) is 0 Å². The molecule has 0 radical (unpaired) electrons. The molecule has 0 aliphatic rings. The third kappa shape index (κ3) is 49.9. The first-order valence-electron chi connectivity index (χ1n) is 29.2. The molecule has 0 aliphatic heterocycles. The van der Waals surface area contributed by atoms with E-state index in [1.165, 1.54) is 218 Å². The molecule has 0 heterocycles. The topological polar surface area (TPSA) is 112 Å². The van der Waals surface area contributed by atoms with Crippen molar-refractivity contribution >= 4 is 33.4 Å². The Morgan fingerprint density at radius 1 is 0.409 bits per heavy atom. The van der Waals surface area contributed by atoms with Crippen LogP contribution >= 0.6 is 21.6 Å². The Morgan fingerprint density at radius 2 is 0.758 bits per heavy atom. The van der Waals surface area contributed by atoms with Crippen molar-refractivity contribution in [2.75, 3.05) is 70.4 Å². The fraction of sp³-hybridized carbons (Fsp3) is 0.964. The quantitative estimate of drug-likeness (QED) is 0.0303. The Bertz CT molecular complexity index is 929. The average Bonchev–Trinajstić information content (AvgIpc) is 3.32. The summed E-state index contributed by atoms with van der Waals surface area (Å²) >= 11 is 0. The number of hydrogen-bond acceptors (Lipinski definition) is 8. The van der Waals surface area contributed by atoms with Crippen LogP contribution in [-0.4, -0.2) is 93.2 Å². The molecule has 1 unspecified atom stereocenters. The van der Waals surface area contributed by atoms with E-state index in [0.29, 0.717) is 5.75 Å². The monoisotopic (exact) mass is 969 g/mol. The first kappa shape index (κ1) is 65.5. The lowest BCUT2D eigenvalue weighted by atomic mass is 10.0. The maximum absolute atomic E-state index is 14.4. The molecule has 1 atom stereocenters. The SMILES string of the molecule is CCCCCCCCCCCCCCCCCCN(CCCCCCCCCCCCCCCCCC)C(=O)C(CSSCCCCC)NC(=O)CNCCCNCCCCNCCCN. The van der Waals surface area contributed by atoms with Crippen LogP contribution in [0.15, 0.2) is 0 Å². The van der Waals surface area contributed by atoms with Crippen molar-refractivity contribution in [3.05, 3.63) is 0 Å². The number of carbonyl (C=O) groups is 2. The van der Waals surface area contributed by atoms with Gasteiger partial charge in [0.05, 0.1) is 6.54 Å². The highest BCUT2D eigenvalue weighted by molar-refractivity contribution is 8.76. The maximum atomic E-state index is 14.4. The zero-order chi connectivity index (χ0) is 47.9. The Kier molecular flexibility index (Phi) is 56.6. The Balaban J connectivity index is 4.89. The van der Waals surface area contributed by atoms with Gasteiger partial charge in [-0.3, -0.25) is 9.59 Å². The van der Waals surface area contributed by atoms with Crippen molar-refractivity contribution in [2.24, 2.45) is 5.73 Å². The Labute approximate surface area is 420 Å². The van der Waals surface area contributed by atoms with Gasteiger partial charge in [0.25, 0.3) is 0 Å². The van der Waals surface area contributed by atoms with Crippen molar-refractivity contribution in [1.29, 1.82) is 0 Å². The second kappa shape index (κ2) is 57.1. The molecule has 0 saturated heterocycles. The molecule has 66 heavy (non-hydrogen) atoms. The van der Waals surface area contributed by atoms with Crippen LogP contribution in [0.1, 0.15) is 271 Å². The van der Waals surface area contributed by atoms with Gasteiger partial charge < -0.3 is 31.9 Å². The van der Waals surface area contributed by atoms with Crippen molar-refractivity contribution in [3.63, 3.8) is 0 Å². The van der Waals surface area contributed by atoms with E-state index in [4.69, 9.17) is 5.73 Å². The lowest BCUT2D eigenvalue weighted by Crippen LogP contribution is -2.52. The third-order valence-electron chi connectivity index (χ3n) is 13.2. The van der Waals surface area contributed by atoms with Crippen LogP contribution in [0.4, 0.5) is 0 Å². The highest BCUT2D eigenvalue weighted by Crippen LogP contribution is 2.25. The normalized spacial score (nSPS) is 12.0. The van der Waals surface area contributed by atoms with E-state index < -0.39 is 6.04 Å². The summed E-state index contributed by atoms with van der Waals surface area (Å²) in [6.07, 6.45) is 51.3. The largest absolute Gasteiger partial charge is 0.342 e. The van der Waals surface area contributed by atoms with E-state index in [1.54, 1.807) is 10.8 Å². The number of nitrogens with two attached hydrogens (primary N) is 1. The summed E-state index contributed by atoms with van der Waals surface area (Å²) in [5, 5.41) is 13.5. The van der Waals surface area contributed by atoms with Crippen molar-refractivity contribution in [1.82, 2.24) is 26.2 Å². The van der Waals surface area contributed by atoms with E-state index in [1.807, 2.05) is 10.8 Å². The van der Waals surface area contributed by atoms with Crippen LogP contribution in [0.2, 0.25) is 0 Å². The van der Waals surface area contributed by atoms with Gasteiger partial charge in [0.2, 0.25) is 11.8 Å². The zero-order valence-corrected chi connectivity index (χ0v) is 46.2. The molecule has 0 spiro atoms. The lowest BCUT2D eigenvalue weighted by molar-refractivity contribution is -0.135. The summed E-state index contributed by atoms with van der Waals surface area (Å²) < 4.78 is 0. The minimum Gasteiger partial charge on any atom is -0.342 e. The van der Waals surface area contributed by atoms with Crippen LogP contribution in [0.3, 0.4) is 0 Å². The van der Waals surface area contributed by atoms with Crippen molar-refractivity contribution in [2.45, 2.75) is 277 Å². The van der Waals surface area contributed by atoms with Crippen LogP contribution in [0.5, 0.6) is 0 Å². The molecule has 10 heteroatoms. The summed E-state index contributed by atoms with van der Waals surface area (Å²) in [6, 6.07) is -0.475. The first-order chi connectivity index (χ1) is 32.6. The highest BCUT2D eigenvalue weighted by atomic mass is 33.1. The van der Waals surface area contributed by atoms with Gasteiger partial charge in [-0.05, 0) is 84.2 Å². The fourth-order valence-corrected chi connectivity index (χ4v) is 11.1. The van der Waals surface area contributed by atoms with E-state index in [2.05, 4.69) is 46.9 Å². The van der Waals surface area contributed by atoms with Gasteiger partial charge in [-0.1, -0.05) is 248 Å². The molecule has 6 N–H and O–H groups in total. The van der Waals surface area contributed by atoms with Gasteiger partial charge in [0.15, 0.2) is 0 Å². The average molecular weight is 970 g/mol. The van der Waals surface area contributed by atoms with Gasteiger partial charge in [-0.25, -0.2) is 0 Å². The zero-order valence-electron chi connectivity index (χ0n) is 44.6. The molecule has 0 aromatic rings. The van der Waals surface area contributed by atoms with Crippen LogP contribution < -0.4 is 27.0 Å². The number of carbonyl (C=O) groups excluding carboxylic acids is 2. The van der Waals surface area contributed by atoms with Gasteiger partial charge in [-0.15, -0.1) is 0 Å². The predicted molar refractivity (Wildman–Crippen MR) is 298 cm³/mol. The number of nitrogens with one attached hydrogen (secondary N) is 4. The highest BCUT2D eigenvalue weighted by Gasteiger charge is 2.26. The number of rotatable bonds is 57. The summed E-state index contributed by atoms with van der Waals surface area (Å²) in [7, 11) is 3.62. The summed E-state index contributed by atoms with van der Waals surface area (Å²) in [5.41, 5.74) is 5.56. The molecule has 0 fully saturated rings. The van der Waals surface area contributed by atoms with Crippen molar-refractivity contribution < 1.29 is 9.59 Å². The second-order valence-electron chi connectivity index (χ2n) is 19.7. The van der Waals surface area contributed by atoms with Gasteiger partial charge in [0.1, 0.15) is 6.04 Å². The van der Waals surface area contributed by atoms with E-state index >= 15 is 0 Å². The molecule has 394 valence electrons. The summed E-state index contributed by atoms with van der Waals surface area (Å²) in [5.74, 6) is 1.79. The molecule has 0 saturated carbocycles. The third-order valence-corrected chi connectivity index (χ3v) is 15.7. The number of nitrogens with zero attached hydrogens (tertiary/aromatic N) is 1. The van der Waals surface area contributed by atoms with E-state index in [-0.39, 0.29) is 18.4 Å². The number of hydrogen-bond donors (Lipinski definition) is 5. The molecular formula is C56H116N6O2S2. The smallest absolute Gasteiger partial charge is 0.246 e. The maximum Gasteiger partial charge on any atom is 0.246 e. The van der Waals surface area contributed by atoms with E-state index in [9.17, 15) is 9.59 Å². The second-order valence-corrected chi connectivity index (χ2v) is 22.4. The van der Waals surface area contributed by atoms with Crippen LogP contribution in [0.25, 0.3) is 0 Å². The van der Waals surface area contributed by atoms with Crippen LogP contribution in [-0.2, 0) is 9.59 Å². The Morgan fingerprint density at radius 3 is 1.17 bits per heavy atom. The molecule has 0 aromatic carbocycles. The number of amides is 2. The molecule has 8 nitrogen and oxygen atoms in total. The van der Waals surface area contributed by atoms with Gasteiger partial charge in [-0.2, -0.15) is 0 Å². The minimum absolute atomic E-state index is 0.0650. The minimum atomic E-state index is -0.475. The lowest BCUT2D eigenvalue weighted by Gasteiger charge is -2.28. The summed E-state index contributed by atoms with van der Waals surface area (Å²) in [4.78, 5) is 29.8. The molecule has 0 aliphatic carbocycles. The molecule has 0 aromatic heterocycles. The van der Waals surface area contributed by atoms with Gasteiger partial charge >= 0.3 is 0 Å². The fourth-order valence-electron chi connectivity index (χ4n) is 8.78. The Hall–Kier alpha value is -0.520. The molecule has 0 bridgehead atoms. The molecule has 0 rings (SSSR count). The van der Waals surface area contributed by atoms with Gasteiger partial charge in [0, 0.05) is 24.6 Å². The predicted octanol–water partition coefficient (Wildman–Crippen LogP) is 14.7. The van der Waals surface area contributed by atoms with Crippen LogP contribution in [0, 0.1) is 0 Å². The molecule has 2 amide bonds. The molecular weight excluding hydrogens is 853 g/mol. The van der Waals surface area contributed by atoms with E-state index in [0.717, 1.165) is 90.2 Å². The first-order valence-corrected chi connectivity index (χ1v) is 31.7. The number of unbranched alkanes of at least 4 members (excludes halogenated alkanes) is 33.